The molecule has 94 valence electrons. The van der Waals surface area contributed by atoms with E-state index in [1.165, 1.54) is 0 Å². The number of aliphatic hydroxyl groups is 1. The van der Waals surface area contributed by atoms with Gasteiger partial charge in [0.2, 0.25) is 0 Å². The highest BCUT2D eigenvalue weighted by Crippen LogP contribution is 2.40. The van der Waals surface area contributed by atoms with Crippen molar-refractivity contribution in [1.29, 1.82) is 0 Å². The molecule has 1 heterocycles. The molecule has 0 atom stereocenters. The molecule has 0 aromatic heterocycles. The van der Waals surface area contributed by atoms with Crippen molar-refractivity contribution in [3.63, 3.8) is 0 Å². The summed E-state index contributed by atoms with van der Waals surface area (Å²) in [6.07, 6.45) is 0. The minimum atomic E-state index is -0.341. The molecule has 0 spiro atoms. The molecule has 1 saturated heterocycles. The van der Waals surface area contributed by atoms with Gasteiger partial charge in [-0.2, -0.15) is 0 Å². The Labute approximate surface area is 101 Å². The number of hydrogen-bond acceptors (Lipinski definition) is 4. The average Bonchev–Trinajstić information content (AvgIpc) is 2.29. The number of benzene rings is 1. The molecule has 0 radical (unpaired) electrons. The minimum Gasteiger partial charge on any atom is -0.496 e. The van der Waals surface area contributed by atoms with Crippen LogP contribution in [0, 0.1) is 6.92 Å². The van der Waals surface area contributed by atoms with E-state index < -0.39 is 0 Å². The number of methoxy groups -OCH3 is 2. The van der Waals surface area contributed by atoms with Gasteiger partial charge in [0.1, 0.15) is 11.5 Å². The predicted octanol–water partition coefficient (Wildman–Crippen LogP) is 1.27. The zero-order valence-corrected chi connectivity index (χ0v) is 10.4. The summed E-state index contributed by atoms with van der Waals surface area (Å²) in [6.45, 7) is 3.06. The van der Waals surface area contributed by atoms with E-state index in [-0.39, 0.29) is 12.0 Å². The van der Waals surface area contributed by atoms with Gasteiger partial charge in [0.25, 0.3) is 0 Å². The van der Waals surface area contributed by atoms with Crippen LogP contribution in [0.4, 0.5) is 0 Å². The van der Waals surface area contributed by atoms with Crippen LogP contribution in [0.15, 0.2) is 12.1 Å². The maximum atomic E-state index is 9.57. The lowest BCUT2D eigenvalue weighted by Gasteiger charge is -2.41. The Balaban J connectivity index is 2.50. The molecular weight excluding hydrogens is 220 g/mol. The van der Waals surface area contributed by atoms with Crippen molar-refractivity contribution < 1.29 is 19.3 Å². The van der Waals surface area contributed by atoms with Crippen LogP contribution in [-0.2, 0) is 10.2 Å². The third-order valence-corrected chi connectivity index (χ3v) is 3.35. The molecular formula is C13H18O4. The molecule has 1 aliphatic heterocycles. The lowest BCUT2D eigenvalue weighted by Crippen LogP contribution is -2.49. The van der Waals surface area contributed by atoms with Crippen LogP contribution in [0.1, 0.15) is 11.1 Å². The molecule has 1 aromatic rings. The molecule has 1 N–H and O–H groups in total. The Bertz CT molecular complexity index is 405. The van der Waals surface area contributed by atoms with Gasteiger partial charge in [0, 0.05) is 5.56 Å². The van der Waals surface area contributed by atoms with E-state index in [0.717, 1.165) is 22.6 Å². The van der Waals surface area contributed by atoms with E-state index in [9.17, 15) is 5.11 Å². The summed E-state index contributed by atoms with van der Waals surface area (Å²) in [5.74, 6) is 1.58. The second kappa shape index (κ2) is 4.55. The van der Waals surface area contributed by atoms with Gasteiger partial charge in [-0.25, -0.2) is 0 Å². The molecule has 1 aliphatic rings. The number of aliphatic hydroxyl groups excluding tert-OH is 1. The van der Waals surface area contributed by atoms with Crippen LogP contribution in [0.25, 0.3) is 0 Å². The van der Waals surface area contributed by atoms with Gasteiger partial charge in [-0.1, -0.05) is 0 Å². The first-order chi connectivity index (χ1) is 8.16. The fourth-order valence-corrected chi connectivity index (χ4v) is 2.15. The Kier molecular flexibility index (Phi) is 3.26. The second-order valence-electron chi connectivity index (χ2n) is 4.45. The topological polar surface area (TPSA) is 47.9 Å². The Morgan fingerprint density at radius 1 is 1.24 bits per heavy atom. The van der Waals surface area contributed by atoms with Gasteiger partial charge >= 0.3 is 0 Å². The van der Waals surface area contributed by atoms with Crippen molar-refractivity contribution in [3.05, 3.63) is 23.3 Å². The van der Waals surface area contributed by atoms with E-state index >= 15 is 0 Å². The zero-order chi connectivity index (χ0) is 12.5. The highest BCUT2D eigenvalue weighted by atomic mass is 16.5. The van der Waals surface area contributed by atoms with Crippen LogP contribution in [0.2, 0.25) is 0 Å². The van der Waals surface area contributed by atoms with Crippen LogP contribution >= 0.6 is 0 Å². The molecule has 1 aromatic carbocycles. The number of aryl methyl sites for hydroxylation is 1. The lowest BCUT2D eigenvalue weighted by atomic mass is 9.78. The minimum absolute atomic E-state index is 0.0512. The molecule has 4 heteroatoms. The van der Waals surface area contributed by atoms with E-state index in [4.69, 9.17) is 14.2 Å². The fraction of sp³-hybridized carbons (Fsp3) is 0.538. The standard InChI is InChI=1S/C13H18O4/c1-9-4-12(16-3)10(5-11(9)15-2)13(6-14)7-17-8-13/h4-5,14H,6-8H2,1-3H3. The van der Waals surface area contributed by atoms with Crippen LogP contribution in [0.5, 0.6) is 11.5 Å². The van der Waals surface area contributed by atoms with Gasteiger partial charge in [-0.3, -0.25) is 0 Å². The summed E-state index contributed by atoms with van der Waals surface area (Å²) in [5.41, 5.74) is 1.63. The van der Waals surface area contributed by atoms with Crippen molar-refractivity contribution in [2.45, 2.75) is 12.3 Å². The average molecular weight is 238 g/mol. The molecule has 1 fully saturated rings. The first-order valence-corrected chi connectivity index (χ1v) is 5.58. The summed E-state index contributed by atoms with van der Waals surface area (Å²) in [4.78, 5) is 0. The maximum Gasteiger partial charge on any atom is 0.123 e. The van der Waals surface area contributed by atoms with E-state index in [1.54, 1.807) is 14.2 Å². The summed E-state index contributed by atoms with van der Waals surface area (Å²) in [7, 11) is 3.27. The summed E-state index contributed by atoms with van der Waals surface area (Å²) in [5, 5.41) is 9.57. The SMILES string of the molecule is COc1cc(C2(CO)COC2)c(OC)cc1C. The predicted molar refractivity (Wildman–Crippen MR) is 63.9 cm³/mol. The van der Waals surface area contributed by atoms with Crippen molar-refractivity contribution in [2.75, 3.05) is 34.0 Å². The van der Waals surface area contributed by atoms with Crippen molar-refractivity contribution in [3.8, 4) is 11.5 Å². The highest BCUT2D eigenvalue weighted by Gasteiger charge is 2.42. The quantitative estimate of drug-likeness (QED) is 0.858. The van der Waals surface area contributed by atoms with Crippen molar-refractivity contribution >= 4 is 0 Å². The normalized spacial score (nSPS) is 17.4. The van der Waals surface area contributed by atoms with E-state index in [0.29, 0.717) is 13.2 Å². The Hall–Kier alpha value is -1.26. The molecule has 0 unspecified atom stereocenters. The van der Waals surface area contributed by atoms with Crippen molar-refractivity contribution in [1.82, 2.24) is 0 Å². The zero-order valence-electron chi connectivity index (χ0n) is 10.4. The molecule has 4 nitrogen and oxygen atoms in total. The van der Waals surface area contributed by atoms with Gasteiger partial charge < -0.3 is 19.3 Å². The Morgan fingerprint density at radius 3 is 2.29 bits per heavy atom. The fourth-order valence-electron chi connectivity index (χ4n) is 2.15. The highest BCUT2D eigenvalue weighted by molar-refractivity contribution is 5.50. The van der Waals surface area contributed by atoms with Crippen LogP contribution in [0.3, 0.4) is 0 Å². The first-order valence-electron chi connectivity index (χ1n) is 5.58. The molecule has 17 heavy (non-hydrogen) atoms. The molecule has 0 bridgehead atoms. The molecule has 0 aliphatic carbocycles. The van der Waals surface area contributed by atoms with Crippen LogP contribution < -0.4 is 9.47 Å². The maximum absolute atomic E-state index is 9.57. The smallest absolute Gasteiger partial charge is 0.123 e. The summed E-state index contributed by atoms with van der Waals surface area (Å²) >= 11 is 0. The molecule has 0 amide bonds. The van der Waals surface area contributed by atoms with Crippen LogP contribution in [-0.4, -0.2) is 39.1 Å². The van der Waals surface area contributed by atoms with Gasteiger partial charge in [0.05, 0.1) is 39.5 Å². The molecule has 2 rings (SSSR count). The molecule has 0 saturated carbocycles. The summed E-state index contributed by atoms with van der Waals surface area (Å²) in [6, 6.07) is 3.87. The first kappa shape index (κ1) is 12.2. The Morgan fingerprint density at radius 2 is 1.88 bits per heavy atom. The van der Waals surface area contributed by atoms with E-state index in [1.807, 2.05) is 19.1 Å². The van der Waals surface area contributed by atoms with Gasteiger partial charge in [-0.15, -0.1) is 0 Å². The largest absolute Gasteiger partial charge is 0.496 e. The van der Waals surface area contributed by atoms with Crippen molar-refractivity contribution in [2.24, 2.45) is 0 Å². The number of rotatable bonds is 4. The van der Waals surface area contributed by atoms with E-state index in [2.05, 4.69) is 0 Å². The van der Waals surface area contributed by atoms with Gasteiger partial charge in [-0.05, 0) is 24.6 Å². The third kappa shape index (κ3) is 1.87. The monoisotopic (exact) mass is 238 g/mol. The lowest BCUT2D eigenvalue weighted by molar-refractivity contribution is -0.0850. The number of ether oxygens (including phenoxy) is 3. The number of hydrogen-bond donors (Lipinski definition) is 1. The third-order valence-electron chi connectivity index (χ3n) is 3.35. The second-order valence-corrected chi connectivity index (χ2v) is 4.45. The van der Waals surface area contributed by atoms with Gasteiger partial charge in [0.15, 0.2) is 0 Å². The summed E-state index contributed by atoms with van der Waals surface area (Å²) < 4.78 is 15.9.